The Hall–Kier alpha value is -1.76. The number of pyridine rings is 1. The van der Waals surface area contributed by atoms with E-state index in [2.05, 4.69) is 9.88 Å². The van der Waals surface area contributed by atoms with Gasteiger partial charge < -0.3 is 0 Å². The molecule has 0 bridgehead atoms. The minimum absolute atomic E-state index is 0.105. The van der Waals surface area contributed by atoms with Gasteiger partial charge in [-0.05, 0) is 35.1 Å². The van der Waals surface area contributed by atoms with Gasteiger partial charge in [0.15, 0.2) is 0 Å². The number of aromatic nitrogens is 1. The van der Waals surface area contributed by atoms with Crippen LogP contribution in [0.5, 0.6) is 0 Å². The Morgan fingerprint density at radius 3 is 2.16 bits per heavy atom. The molecular weight excluding hydrogens is 334 g/mol. The lowest BCUT2D eigenvalue weighted by molar-refractivity contribution is 0.289. The minimum Gasteiger partial charge on any atom is -0.298 e. The molecule has 0 N–H and O–H groups in total. The van der Waals surface area contributed by atoms with Gasteiger partial charge in [0.2, 0.25) is 10.0 Å². The monoisotopic (exact) mass is 357 g/mol. The fourth-order valence-corrected chi connectivity index (χ4v) is 5.66. The Morgan fingerprint density at radius 2 is 1.52 bits per heavy atom. The highest BCUT2D eigenvalue weighted by atomic mass is 32.2. The second-order valence-electron chi connectivity index (χ2n) is 7.13. The summed E-state index contributed by atoms with van der Waals surface area (Å²) in [6, 6.07) is 13.5. The van der Waals surface area contributed by atoms with Crippen molar-refractivity contribution in [3.05, 3.63) is 66.0 Å². The molecular formula is C19H23N3O2S. The number of fused-ring (bicyclic) bond motifs is 1. The van der Waals surface area contributed by atoms with E-state index in [1.807, 2.05) is 54.9 Å². The molecule has 0 amide bonds. The van der Waals surface area contributed by atoms with Gasteiger partial charge in [0.25, 0.3) is 0 Å². The van der Waals surface area contributed by atoms with E-state index in [1.165, 1.54) is 5.56 Å². The Labute approximate surface area is 149 Å². The van der Waals surface area contributed by atoms with Crippen molar-refractivity contribution < 1.29 is 8.42 Å². The molecule has 2 unspecified atom stereocenters. The van der Waals surface area contributed by atoms with Gasteiger partial charge in [-0.15, -0.1) is 0 Å². The standard InChI is InChI=1S/C19H23N3O2S/c23-25(24,15-17-4-2-1-3-5-17)22-13-18-11-21(12-19(18)14-22)10-16-6-8-20-9-7-16/h1-9,18-19H,10-15H2. The lowest BCUT2D eigenvalue weighted by Gasteiger charge is -2.21. The van der Waals surface area contributed by atoms with Crippen LogP contribution >= 0.6 is 0 Å². The minimum atomic E-state index is -3.22. The molecule has 132 valence electrons. The van der Waals surface area contributed by atoms with Crippen LogP contribution in [0.3, 0.4) is 0 Å². The van der Waals surface area contributed by atoms with Crippen LogP contribution in [-0.4, -0.2) is 48.8 Å². The maximum Gasteiger partial charge on any atom is 0.218 e. The van der Waals surface area contributed by atoms with Crippen molar-refractivity contribution in [2.75, 3.05) is 26.2 Å². The molecule has 2 fully saturated rings. The van der Waals surface area contributed by atoms with Crippen LogP contribution in [0.1, 0.15) is 11.1 Å². The van der Waals surface area contributed by atoms with Crippen LogP contribution in [0.2, 0.25) is 0 Å². The van der Waals surface area contributed by atoms with E-state index >= 15 is 0 Å². The Morgan fingerprint density at radius 1 is 0.880 bits per heavy atom. The van der Waals surface area contributed by atoms with E-state index in [9.17, 15) is 8.42 Å². The molecule has 4 rings (SSSR count). The second-order valence-corrected chi connectivity index (χ2v) is 9.10. The maximum atomic E-state index is 12.7. The van der Waals surface area contributed by atoms with E-state index in [1.54, 1.807) is 4.31 Å². The molecule has 0 spiro atoms. The zero-order chi connectivity index (χ0) is 17.3. The third kappa shape index (κ3) is 3.76. The molecule has 2 aliphatic heterocycles. The number of hydrogen-bond donors (Lipinski definition) is 0. The van der Waals surface area contributed by atoms with Crippen LogP contribution in [0.4, 0.5) is 0 Å². The summed E-state index contributed by atoms with van der Waals surface area (Å²) in [6.07, 6.45) is 3.65. The molecule has 3 heterocycles. The van der Waals surface area contributed by atoms with E-state index in [4.69, 9.17) is 0 Å². The molecule has 0 radical (unpaired) electrons. The summed E-state index contributed by atoms with van der Waals surface area (Å²) in [4.78, 5) is 6.49. The average Bonchev–Trinajstić information content (AvgIpc) is 3.15. The molecule has 2 aliphatic rings. The normalized spacial score (nSPS) is 24.5. The molecule has 2 aromatic rings. The molecule has 2 atom stereocenters. The first-order valence-corrected chi connectivity index (χ1v) is 10.3. The fraction of sp³-hybridized carbons (Fsp3) is 0.421. The van der Waals surface area contributed by atoms with Gasteiger partial charge in [0.05, 0.1) is 5.75 Å². The zero-order valence-electron chi connectivity index (χ0n) is 14.2. The van der Waals surface area contributed by atoms with Crippen LogP contribution in [-0.2, 0) is 22.3 Å². The first-order chi connectivity index (χ1) is 12.1. The summed E-state index contributed by atoms with van der Waals surface area (Å²) >= 11 is 0. The third-order valence-corrected chi connectivity index (χ3v) is 7.05. The summed E-state index contributed by atoms with van der Waals surface area (Å²) in [6.45, 7) is 4.19. The van der Waals surface area contributed by atoms with Gasteiger partial charge in [-0.25, -0.2) is 12.7 Å². The molecule has 1 aromatic carbocycles. The molecule has 1 aromatic heterocycles. The van der Waals surface area contributed by atoms with Gasteiger partial charge in [-0.1, -0.05) is 30.3 Å². The lowest BCUT2D eigenvalue weighted by atomic mass is 10.0. The van der Waals surface area contributed by atoms with E-state index in [-0.39, 0.29) is 5.75 Å². The number of benzene rings is 1. The van der Waals surface area contributed by atoms with Crippen LogP contribution in [0.15, 0.2) is 54.9 Å². The quantitative estimate of drug-likeness (QED) is 0.821. The molecule has 2 saturated heterocycles. The van der Waals surface area contributed by atoms with Crippen LogP contribution in [0.25, 0.3) is 0 Å². The third-order valence-electron chi connectivity index (χ3n) is 5.27. The topological polar surface area (TPSA) is 53.5 Å². The number of likely N-dealkylation sites (tertiary alicyclic amines) is 1. The maximum absolute atomic E-state index is 12.7. The molecule has 25 heavy (non-hydrogen) atoms. The Balaban J connectivity index is 1.36. The number of rotatable bonds is 5. The lowest BCUT2D eigenvalue weighted by Crippen LogP contribution is -2.34. The zero-order valence-corrected chi connectivity index (χ0v) is 15.0. The van der Waals surface area contributed by atoms with Gasteiger partial charge in [0.1, 0.15) is 0 Å². The summed E-state index contributed by atoms with van der Waals surface area (Å²) < 4.78 is 27.1. The first kappa shape index (κ1) is 16.7. The summed E-state index contributed by atoms with van der Waals surface area (Å²) in [7, 11) is -3.22. The fourth-order valence-electron chi connectivity index (χ4n) is 4.03. The van der Waals surface area contributed by atoms with Crippen molar-refractivity contribution in [2.45, 2.75) is 12.3 Å². The van der Waals surface area contributed by atoms with Gasteiger partial charge in [-0.3, -0.25) is 9.88 Å². The SMILES string of the molecule is O=S(=O)(Cc1ccccc1)N1CC2CN(Cc3ccncc3)CC2C1. The van der Waals surface area contributed by atoms with Crippen molar-refractivity contribution >= 4 is 10.0 Å². The second kappa shape index (κ2) is 6.86. The van der Waals surface area contributed by atoms with Crippen LogP contribution < -0.4 is 0 Å². The van der Waals surface area contributed by atoms with Crippen molar-refractivity contribution in [2.24, 2.45) is 11.8 Å². The Bertz CT molecular complexity index is 797. The predicted octanol–water partition coefficient (Wildman–Crippen LogP) is 1.98. The van der Waals surface area contributed by atoms with Gasteiger partial charge in [0, 0.05) is 45.1 Å². The van der Waals surface area contributed by atoms with Gasteiger partial charge in [-0.2, -0.15) is 0 Å². The van der Waals surface area contributed by atoms with Crippen molar-refractivity contribution in [1.82, 2.24) is 14.2 Å². The van der Waals surface area contributed by atoms with Crippen molar-refractivity contribution in [3.8, 4) is 0 Å². The molecule has 6 heteroatoms. The average molecular weight is 357 g/mol. The van der Waals surface area contributed by atoms with Gasteiger partial charge >= 0.3 is 0 Å². The smallest absolute Gasteiger partial charge is 0.218 e. The molecule has 0 saturated carbocycles. The van der Waals surface area contributed by atoms with E-state index in [0.29, 0.717) is 24.9 Å². The van der Waals surface area contributed by atoms with E-state index in [0.717, 1.165) is 25.2 Å². The summed E-state index contributed by atoms with van der Waals surface area (Å²) in [5.41, 5.74) is 2.13. The number of hydrogen-bond acceptors (Lipinski definition) is 4. The van der Waals surface area contributed by atoms with Crippen molar-refractivity contribution in [3.63, 3.8) is 0 Å². The highest BCUT2D eigenvalue weighted by Gasteiger charge is 2.43. The van der Waals surface area contributed by atoms with Crippen molar-refractivity contribution in [1.29, 1.82) is 0 Å². The predicted molar refractivity (Wildman–Crippen MR) is 97.1 cm³/mol. The van der Waals surface area contributed by atoms with E-state index < -0.39 is 10.0 Å². The highest BCUT2D eigenvalue weighted by molar-refractivity contribution is 7.88. The number of nitrogens with zero attached hydrogens (tertiary/aromatic N) is 3. The first-order valence-electron chi connectivity index (χ1n) is 8.73. The highest BCUT2D eigenvalue weighted by Crippen LogP contribution is 2.33. The number of sulfonamides is 1. The largest absolute Gasteiger partial charge is 0.298 e. The summed E-state index contributed by atoms with van der Waals surface area (Å²) in [5.74, 6) is 1.01. The Kier molecular flexibility index (Phi) is 4.58. The summed E-state index contributed by atoms with van der Waals surface area (Å²) in [5, 5.41) is 0. The van der Waals surface area contributed by atoms with Crippen LogP contribution in [0, 0.1) is 11.8 Å². The molecule has 0 aliphatic carbocycles. The molecule has 5 nitrogen and oxygen atoms in total.